The second-order valence-corrected chi connectivity index (χ2v) is 6.85. The van der Waals surface area contributed by atoms with Gasteiger partial charge in [0.1, 0.15) is 5.82 Å². The number of hydrogen-bond donors (Lipinski definition) is 3. The van der Waals surface area contributed by atoms with Crippen molar-refractivity contribution in [1.82, 2.24) is 10.6 Å². The number of carbonyl (C=O) groups excluding carboxylic acids is 2. The number of rotatable bonds is 7. The quantitative estimate of drug-likeness (QED) is 0.695. The van der Waals surface area contributed by atoms with Crippen molar-refractivity contribution in [3.63, 3.8) is 0 Å². The van der Waals surface area contributed by atoms with Gasteiger partial charge in [-0.2, -0.15) is 0 Å². The summed E-state index contributed by atoms with van der Waals surface area (Å²) in [6.45, 7) is 2.24. The van der Waals surface area contributed by atoms with Gasteiger partial charge in [-0.15, -0.1) is 0 Å². The molecule has 1 aliphatic rings. The second-order valence-electron chi connectivity index (χ2n) is 6.85. The lowest BCUT2D eigenvalue weighted by Crippen LogP contribution is -2.38. The first-order chi connectivity index (χ1) is 13.0. The van der Waals surface area contributed by atoms with E-state index in [1.165, 1.54) is 6.07 Å². The lowest BCUT2D eigenvalue weighted by molar-refractivity contribution is -0.117. The molecule has 1 fully saturated rings. The highest BCUT2D eigenvalue weighted by molar-refractivity contribution is 5.94. The summed E-state index contributed by atoms with van der Waals surface area (Å²) in [6.07, 6.45) is 2.37. The molecular weight excluding hydrogens is 345 g/mol. The van der Waals surface area contributed by atoms with E-state index in [9.17, 15) is 14.0 Å². The zero-order chi connectivity index (χ0) is 19.2. The molecule has 2 aromatic carbocycles. The maximum atomic E-state index is 13.6. The van der Waals surface area contributed by atoms with E-state index >= 15 is 0 Å². The maximum Gasteiger partial charge on any atom is 0.315 e. The van der Waals surface area contributed by atoms with Gasteiger partial charge in [0.05, 0.1) is 6.04 Å². The van der Waals surface area contributed by atoms with E-state index in [0.717, 1.165) is 24.1 Å². The Hall–Kier alpha value is -2.89. The largest absolute Gasteiger partial charge is 0.338 e. The molecular formula is C21H24FN3O2. The summed E-state index contributed by atoms with van der Waals surface area (Å²) in [5.74, 6) is -0.0246. The third-order valence-corrected chi connectivity index (χ3v) is 4.61. The van der Waals surface area contributed by atoms with Gasteiger partial charge >= 0.3 is 6.03 Å². The smallest absolute Gasteiger partial charge is 0.315 e. The van der Waals surface area contributed by atoms with Crippen LogP contribution in [-0.4, -0.2) is 18.5 Å². The number of nitrogens with one attached hydrogen (secondary N) is 3. The van der Waals surface area contributed by atoms with Gasteiger partial charge in [-0.25, -0.2) is 9.18 Å². The predicted molar refractivity (Wildman–Crippen MR) is 103 cm³/mol. The highest BCUT2D eigenvalue weighted by Crippen LogP contribution is 2.30. The van der Waals surface area contributed by atoms with Crippen LogP contribution in [0, 0.1) is 11.7 Å². The minimum absolute atomic E-state index is 0.0724. The normalized spacial score (nSPS) is 14.3. The summed E-state index contributed by atoms with van der Waals surface area (Å²) in [7, 11) is 0. The number of amides is 3. The maximum absolute atomic E-state index is 13.6. The Bertz CT molecular complexity index is 803. The average Bonchev–Trinajstić information content (AvgIpc) is 3.49. The lowest BCUT2D eigenvalue weighted by Gasteiger charge is -2.16. The van der Waals surface area contributed by atoms with E-state index in [4.69, 9.17) is 0 Å². The molecule has 1 atom stereocenters. The van der Waals surface area contributed by atoms with Crippen molar-refractivity contribution >= 4 is 17.6 Å². The van der Waals surface area contributed by atoms with Crippen molar-refractivity contribution in [2.45, 2.75) is 32.2 Å². The highest BCUT2D eigenvalue weighted by Gasteiger charge is 2.29. The molecule has 0 spiro atoms. The zero-order valence-electron chi connectivity index (χ0n) is 15.3. The van der Waals surface area contributed by atoms with Crippen LogP contribution in [0.15, 0.2) is 48.5 Å². The molecule has 142 valence electrons. The SMILES string of the molecule is C[C@@H](NC(=O)NCCc1ccccc1F)c1ccc(NC(=O)C2CC2)cc1. The van der Waals surface area contributed by atoms with Gasteiger partial charge < -0.3 is 16.0 Å². The van der Waals surface area contributed by atoms with Gasteiger partial charge in [0.2, 0.25) is 5.91 Å². The Morgan fingerprint density at radius 3 is 2.48 bits per heavy atom. The first-order valence-corrected chi connectivity index (χ1v) is 9.21. The molecule has 3 rings (SSSR count). The zero-order valence-corrected chi connectivity index (χ0v) is 15.3. The number of hydrogen-bond acceptors (Lipinski definition) is 2. The molecule has 0 bridgehead atoms. The molecule has 5 nitrogen and oxygen atoms in total. The van der Waals surface area contributed by atoms with Crippen LogP contribution in [0.2, 0.25) is 0 Å². The van der Waals surface area contributed by atoms with Crippen LogP contribution in [0.4, 0.5) is 14.9 Å². The van der Waals surface area contributed by atoms with Crippen LogP contribution < -0.4 is 16.0 Å². The van der Waals surface area contributed by atoms with Crippen LogP contribution >= 0.6 is 0 Å². The Kier molecular flexibility index (Phi) is 6.06. The van der Waals surface area contributed by atoms with Crippen LogP contribution in [-0.2, 0) is 11.2 Å². The Morgan fingerprint density at radius 2 is 1.81 bits per heavy atom. The van der Waals surface area contributed by atoms with Gasteiger partial charge in [-0.1, -0.05) is 30.3 Å². The molecule has 0 saturated heterocycles. The molecule has 3 amide bonds. The minimum Gasteiger partial charge on any atom is -0.338 e. The molecule has 1 aliphatic carbocycles. The summed E-state index contributed by atoms with van der Waals surface area (Å²) >= 11 is 0. The Morgan fingerprint density at radius 1 is 1.11 bits per heavy atom. The summed E-state index contributed by atoms with van der Waals surface area (Å²) in [5, 5.41) is 8.49. The summed E-state index contributed by atoms with van der Waals surface area (Å²) < 4.78 is 13.6. The third kappa shape index (κ3) is 5.54. The van der Waals surface area contributed by atoms with E-state index in [0.29, 0.717) is 18.5 Å². The van der Waals surface area contributed by atoms with E-state index < -0.39 is 0 Å². The molecule has 0 aromatic heterocycles. The van der Waals surface area contributed by atoms with Crippen LogP contribution in [0.25, 0.3) is 0 Å². The second kappa shape index (κ2) is 8.66. The third-order valence-electron chi connectivity index (χ3n) is 4.61. The molecule has 2 aromatic rings. The molecule has 27 heavy (non-hydrogen) atoms. The standard InChI is InChI=1S/C21H24FN3O2/c1-14(15-8-10-18(11-9-15)25-20(26)17-6-7-17)24-21(27)23-13-12-16-4-2-3-5-19(16)22/h2-5,8-11,14,17H,6-7,12-13H2,1H3,(H,25,26)(H2,23,24,27)/t14-/m1/s1. The topological polar surface area (TPSA) is 70.2 Å². The lowest BCUT2D eigenvalue weighted by atomic mass is 10.1. The van der Waals surface area contributed by atoms with E-state index in [2.05, 4.69) is 16.0 Å². The van der Waals surface area contributed by atoms with Gasteiger partial charge in [-0.3, -0.25) is 4.79 Å². The molecule has 0 radical (unpaired) electrons. The van der Waals surface area contributed by atoms with Crippen molar-refractivity contribution in [2.24, 2.45) is 5.92 Å². The van der Waals surface area contributed by atoms with Crippen molar-refractivity contribution in [1.29, 1.82) is 0 Å². The average molecular weight is 369 g/mol. The van der Waals surface area contributed by atoms with Gasteiger partial charge in [0.15, 0.2) is 0 Å². The first kappa shape index (κ1) is 18.9. The van der Waals surface area contributed by atoms with Crippen molar-refractivity contribution in [3.05, 3.63) is 65.5 Å². The number of halogens is 1. The predicted octanol–water partition coefficient (Wildman–Crippen LogP) is 3.78. The van der Waals surface area contributed by atoms with Crippen LogP contribution in [0.5, 0.6) is 0 Å². The van der Waals surface area contributed by atoms with E-state index in [1.54, 1.807) is 18.2 Å². The van der Waals surface area contributed by atoms with Gasteiger partial charge in [-0.05, 0) is 55.5 Å². The molecule has 6 heteroatoms. The summed E-state index contributed by atoms with van der Waals surface area (Å²) in [4.78, 5) is 23.8. The number of benzene rings is 2. The highest BCUT2D eigenvalue weighted by atomic mass is 19.1. The van der Waals surface area contributed by atoms with Crippen LogP contribution in [0.1, 0.15) is 36.9 Å². The fourth-order valence-electron chi connectivity index (χ4n) is 2.79. The van der Waals surface area contributed by atoms with Gasteiger partial charge in [0.25, 0.3) is 0 Å². The number of anilines is 1. The van der Waals surface area contributed by atoms with Crippen molar-refractivity contribution < 1.29 is 14.0 Å². The molecule has 0 aliphatic heterocycles. The number of carbonyl (C=O) groups is 2. The monoisotopic (exact) mass is 369 g/mol. The first-order valence-electron chi connectivity index (χ1n) is 9.21. The molecule has 0 heterocycles. The summed E-state index contributed by atoms with van der Waals surface area (Å²) in [5.41, 5.74) is 2.27. The van der Waals surface area contributed by atoms with Gasteiger partial charge in [0, 0.05) is 18.2 Å². The molecule has 3 N–H and O–H groups in total. The molecule has 1 saturated carbocycles. The van der Waals surface area contributed by atoms with Crippen LogP contribution in [0.3, 0.4) is 0 Å². The minimum atomic E-state index is -0.301. The number of urea groups is 1. The fraction of sp³-hybridized carbons (Fsp3) is 0.333. The van der Waals surface area contributed by atoms with Crippen molar-refractivity contribution in [3.8, 4) is 0 Å². The Labute approximate surface area is 158 Å². The van der Waals surface area contributed by atoms with E-state index in [1.807, 2.05) is 31.2 Å². The fourth-order valence-corrected chi connectivity index (χ4v) is 2.79. The Balaban J connectivity index is 1.43. The van der Waals surface area contributed by atoms with Crippen molar-refractivity contribution in [2.75, 3.05) is 11.9 Å². The summed E-state index contributed by atoms with van der Waals surface area (Å²) in [6, 6.07) is 13.5. The van der Waals surface area contributed by atoms with E-state index in [-0.39, 0.29) is 29.7 Å². The molecule has 0 unspecified atom stereocenters.